The van der Waals surface area contributed by atoms with Crippen molar-refractivity contribution in [2.45, 2.75) is 0 Å². The fourth-order valence-corrected chi connectivity index (χ4v) is 1.43. The van der Waals surface area contributed by atoms with Crippen LogP contribution < -0.4 is 14.4 Å². The number of nitrogens with zero attached hydrogens (tertiary/aromatic N) is 4. The number of rotatable bonds is 4. The molecule has 0 aliphatic heterocycles. The fourth-order valence-electron chi connectivity index (χ4n) is 1.43. The van der Waals surface area contributed by atoms with Gasteiger partial charge in [-0.2, -0.15) is 9.97 Å². The number of benzene rings is 1. The van der Waals surface area contributed by atoms with Crippen LogP contribution >= 0.6 is 0 Å². The fraction of sp³-hybridized carbons (Fsp3) is 0.250. The minimum Gasteiger partial charge on any atom is -0.467 e. The van der Waals surface area contributed by atoms with Crippen LogP contribution in [0, 0.1) is 0 Å². The van der Waals surface area contributed by atoms with E-state index in [0.29, 0.717) is 5.95 Å². The van der Waals surface area contributed by atoms with Gasteiger partial charge in [0, 0.05) is 12.7 Å². The Labute approximate surface area is 105 Å². The highest BCUT2D eigenvalue weighted by molar-refractivity contribution is 5.56. The first-order valence-electron chi connectivity index (χ1n) is 5.37. The number of aromatic nitrogens is 3. The van der Waals surface area contributed by atoms with E-state index in [9.17, 15) is 0 Å². The molecule has 0 aliphatic carbocycles. The molecule has 0 bridgehead atoms. The SMILES string of the molecule is COc1nc(OC)nc(N(C)c2ccccc2)n1. The first-order chi connectivity index (χ1) is 8.74. The van der Waals surface area contributed by atoms with Crippen LogP contribution in [0.5, 0.6) is 12.0 Å². The van der Waals surface area contributed by atoms with E-state index in [2.05, 4.69) is 15.0 Å². The molecule has 0 N–H and O–H groups in total. The van der Waals surface area contributed by atoms with E-state index >= 15 is 0 Å². The molecular weight excluding hydrogens is 232 g/mol. The number of methoxy groups -OCH3 is 2. The van der Waals surface area contributed by atoms with Crippen LogP contribution in [0.2, 0.25) is 0 Å². The molecule has 0 aliphatic rings. The second-order valence-corrected chi connectivity index (χ2v) is 3.50. The van der Waals surface area contributed by atoms with E-state index in [1.807, 2.05) is 42.3 Å². The summed E-state index contributed by atoms with van der Waals surface area (Å²) in [6.45, 7) is 0. The summed E-state index contributed by atoms with van der Waals surface area (Å²) in [5, 5.41) is 0. The highest BCUT2D eigenvalue weighted by Crippen LogP contribution is 2.22. The van der Waals surface area contributed by atoms with Gasteiger partial charge in [0.2, 0.25) is 5.95 Å². The minimum absolute atomic E-state index is 0.222. The van der Waals surface area contributed by atoms with Gasteiger partial charge in [-0.3, -0.25) is 0 Å². The summed E-state index contributed by atoms with van der Waals surface area (Å²) in [6.07, 6.45) is 0. The van der Waals surface area contributed by atoms with Crippen molar-refractivity contribution in [3.8, 4) is 12.0 Å². The molecular formula is C12H14N4O2. The molecule has 0 atom stereocenters. The Hall–Kier alpha value is -2.37. The lowest BCUT2D eigenvalue weighted by Crippen LogP contribution is -2.14. The van der Waals surface area contributed by atoms with Crippen LogP contribution in [0.3, 0.4) is 0 Å². The number of ether oxygens (including phenoxy) is 2. The second kappa shape index (κ2) is 5.31. The van der Waals surface area contributed by atoms with E-state index in [1.54, 1.807) is 0 Å². The largest absolute Gasteiger partial charge is 0.467 e. The van der Waals surface area contributed by atoms with Gasteiger partial charge in [-0.05, 0) is 12.1 Å². The third kappa shape index (κ3) is 2.48. The van der Waals surface area contributed by atoms with Crippen molar-refractivity contribution in [3.05, 3.63) is 30.3 Å². The molecule has 18 heavy (non-hydrogen) atoms. The molecule has 0 saturated heterocycles. The van der Waals surface area contributed by atoms with Gasteiger partial charge in [-0.1, -0.05) is 18.2 Å². The Morgan fingerprint density at radius 1 is 0.889 bits per heavy atom. The van der Waals surface area contributed by atoms with Crippen LogP contribution in [0.4, 0.5) is 11.6 Å². The summed E-state index contributed by atoms with van der Waals surface area (Å²) in [5.41, 5.74) is 0.966. The van der Waals surface area contributed by atoms with Crippen molar-refractivity contribution in [2.75, 3.05) is 26.2 Å². The molecule has 2 rings (SSSR count). The van der Waals surface area contributed by atoms with E-state index in [0.717, 1.165) is 5.69 Å². The maximum atomic E-state index is 5.01. The predicted octanol–water partition coefficient (Wildman–Crippen LogP) is 1.66. The van der Waals surface area contributed by atoms with E-state index in [-0.39, 0.29) is 12.0 Å². The topological polar surface area (TPSA) is 60.4 Å². The van der Waals surface area contributed by atoms with Crippen molar-refractivity contribution in [3.63, 3.8) is 0 Å². The summed E-state index contributed by atoms with van der Waals surface area (Å²) in [4.78, 5) is 14.1. The molecule has 2 aromatic rings. The summed E-state index contributed by atoms with van der Waals surface area (Å²) in [6, 6.07) is 10.2. The molecule has 1 aromatic carbocycles. The molecule has 1 heterocycles. The zero-order valence-electron chi connectivity index (χ0n) is 10.5. The van der Waals surface area contributed by atoms with Gasteiger partial charge >= 0.3 is 12.0 Å². The standard InChI is InChI=1S/C12H14N4O2/c1-16(9-7-5-4-6-8-9)10-13-11(17-2)15-12(14-10)18-3/h4-8H,1-3H3. The summed E-state index contributed by atoms with van der Waals surface area (Å²) in [5.74, 6) is 0.463. The number of anilines is 2. The molecule has 0 amide bonds. The average Bonchev–Trinajstić information content (AvgIpc) is 2.46. The third-order valence-electron chi connectivity index (χ3n) is 2.39. The molecule has 0 saturated carbocycles. The number of para-hydroxylation sites is 1. The zero-order chi connectivity index (χ0) is 13.0. The Morgan fingerprint density at radius 3 is 1.94 bits per heavy atom. The molecule has 6 nitrogen and oxygen atoms in total. The average molecular weight is 246 g/mol. The lowest BCUT2D eigenvalue weighted by atomic mass is 10.3. The van der Waals surface area contributed by atoms with Crippen molar-refractivity contribution in [1.82, 2.24) is 15.0 Å². The van der Waals surface area contributed by atoms with E-state index in [1.165, 1.54) is 14.2 Å². The van der Waals surface area contributed by atoms with Crippen LogP contribution in [0.25, 0.3) is 0 Å². The van der Waals surface area contributed by atoms with Crippen LogP contribution in [0.1, 0.15) is 0 Å². The molecule has 94 valence electrons. The van der Waals surface area contributed by atoms with Crippen LogP contribution in [-0.2, 0) is 0 Å². The lowest BCUT2D eigenvalue weighted by molar-refractivity contribution is 0.340. The summed E-state index contributed by atoms with van der Waals surface area (Å²) in [7, 11) is 4.87. The molecule has 6 heteroatoms. The van der Waals surface area contributed by atoms with Crippen molar-refractivity contribution >= 4 is 11.6 Å². The lowest BCUT2D eigenvalue weighted by Gasteiger charge is -2.17. The summed E-state index contributed by atoms with van der Waals surface area (Å²) >= 11 is 0. The Balaban J connectivity index is 2.38. The van der Waals surface area contributed by atoms with Gasteiger partial charge in [0.1, 0.15) is 0 Å². The number of hydrogen-bond acceptors (Lipinski definition) is 6. The Morgan fingerprint density at radius 2 is 1.44 bits per heavy atom. The van der Waals surface area contributed by atoms with E-state index < -0.39 is 0 Å². The first kappa shape index (κ1) is 12.1. The maximum absolute atomic E-state index is 5.01. The van der Waals surface area contributed by atoms with Crippen LogP contribution in [0.15, 0.2) is 30.3 Å². The summed E-state index contributed by atoms with van der Waals surface area (Å²) < 4.78 is 10.0. The second-order valence-electron chi connectivity index (χ2n) is 3.50. The molecule has 0 spiro atoms. The van der Waals surface area contributed by atoms with Crippen molar-refractivity contribution < 1.29 is 9.47 Å². The Kier molecular flexibility index (Phi) is 3.57. The molecule has 0 unspecified atom stereocenters. The van der Waals surface area contributed by atoms with Crippen molar-refractivity contribution in [2.24, 2.45) is 0 Å². The van der Waals surface area contributed by atoms with Gasteiger partial charge in [0.15, 0.2) is 0 Å². The Bertz CT molecular complexity index is 496. The predicted molar refractivity (Wildman–Crippen MR) is 67.4 cm³/mol. The van der Waals surface area contributed by atoms with Gasteiger partial charge in [-0.25, -0.2) is 0 Å². The molecule has 0 fully saturated rings. The van der Waals surface area contributed by atoms with Gasteiger partial charge < -0.3 is 14.4 Å². The minimum atomic E-state index is 0.222. The van der Waals surface area contributed by atoms with E-state index in [4.69, 9.17) is 9.47 Å². The van der Waals surface area contributed by atoms with Gasteiger partial charge in [0.25, 0.3) is 0 Å². The molecule has 0 radical (unpaired) electrons. The quantitative estimate of drug-likeness (QED) is 0.817. The zero-order valence-corrected chi connectivity index (χ0v) is 10.5. The first-order valence-corrected chi connectivity index (χ1v) is 5.37. The highest BCUT2D eigenvalue weighted by Gasteiger charge is 2.12. The van der Waals surface area contributed by atoms with Crippen LogP contribution in [-0.4, -0.2) is 36.2 Å². The smallest absolute Gasteiger partial charge is 0.324 e. The molecule has 1 aromatic heterocycles. The van der Waals surface area contributed by atoms with Gasteiger partial charge in [-0.15, -0.1) is 4.98 Å². The highest BCUT2D eigenvalue weighted by atomic mass is 16.5. The third-order valence-corrected chi connectivity index (χ3v) is 2.39. The monoisotopic (exact) mass is 246 g/mol. The number of hydrogen-bond donors (Lipinski definition) is 0. The van der Waals surface area contributed by atoms with Crippen molar-refractivity contribution in [1.29, 1.82) is 0 Å². The van der Waals surface area contributed by atoms with Gasteiger partial charge in [0.05, 0.1) is 14.2 Å². The normalized spacial score (nSPS) is 9.94. The maximum Gasteiger partial charge on any atom is 0.324 e.